The monoisotopic (exact) mass is 318 g/mol. The van der Waals surface area contributed by atoms with Crippen molar-refractivity contribution in [1.29, 1.82) is 0 Å². The lowest BCUT2D eigenvalue weighted by atomic mass is 9.97. The number of aromatic nitrogens is 2. The lowest BCUT2D eigenvalue weighted by molar-refractivity contribution is 0.625. The Morgan fingerprint density at radius 2 is 2.00 bits per heavy atom. The minimum atomic E-state index is -0.195. The predicted octanol–water partition coefficient (Wildman–Crippen LogP) is 3.30. The number of benzene rings is 1. The SMILES string of the molecule is CSc1nc(N)cc(N2CC(c3ccc(F)cc3)CC2C)n1. The molecule has 0 aliphatic carbocycles. The Labute approximate surface area is 133 Å². The third kappa shape index (κ3) is 3.02. The van der Waals surface area contributed by atoms with Gasteiger partial charge in [0.25, 0.3) is 0 Å². The van der Waals surface area contributed by atoms with E-state index < -0.39 is 0 Å². The van der Waals surface area contributed by atoms with Crippen LogP contribution in [0.25, 0.3) is 0 Å². The minimum absolute atomic E-state index is 0.195. The van der Waals surface area contributed by atoms with Crippen molar-refractivity contribution in [1.82, 2.24) is 9.97 Å². The molecule has 2 N–H and O–H groups in total. The van der Waals surface area contributed by atoms with Gasteiger partial charge in [0.05, 0.1) is 0 Å². The maximum absolute atomic E-state index is 13.1. The zero-order chi connectivity index (χ0) is 15.7. The summed E-state index contributed by atoms with van der Waals surface area (Å²) in [4.78, 5) is 11.0. The van der Waals surface area contributed by atoms with Gasteiger partial charge in [0, 0.05) is 24.6 Å². The van der Waals surface area contributed by atoms with Crippen LogP contribution in [-0.4, -0.2) is 28.8 Å². The second-order valence-corrected chi connectivity index (χ2v) is 6.40. The van der Waals surface area contributed by atoms with Gasteiger partial charge in [-0.05, 0) is 37.3 Å². The molecule has 22 heavy (non-hydrogen) atoms. The summed E-state index contributed by atoms with van der Waals surface area (Å²) < 4.78 is 13.1. The molecule has 1 fully saturated rings. The summed E-state index contributed by atoms with van der Waals surface area (Å²) in [6, 6.07) is 8.98. The maximum atomic E-state index is 13.1. The van der Waals surface area contributed by atoms with Gasteiger partial charge in [-0.15, -0.1) is 0 Å². The summed E-state index contributed by atoms with van der Waals surface area (Å²) in [5, 5.41) is 0.687. The van der Waals surface area contributed by atoms with Gasteiger partial charge in [-0.25, -0.2) is 14.4 Å². The van der Waals surface area contributed by atoms with Crippen molar-refractivity contribution in [3.63, 3.8) is 0 Å². The predicted molar refractivity (Wildman–Crippen MR) is 88.8 cm³/mol. The molecule has 0 radical (unpaired) electrons. The fraction of sp³-hybridized carbons (Fsp3) is 0.375. The number of hydrogen-bond donors (Lipinski definition) is 1. The number of nitrogen functional groups attached to an aromatic ring is 1. The molecule has 1 aromatic heterocycles. The summed E-state index contributed by atoms with van der Waals surface area (Å²) >= 11 is 1.49. The average molecular weight is 318 g/mol. The van der Waals surface area contributed by atoms with Crippen molar-refractivity contribution >= 4 is 23.4 Å². The fourth-order valence-corrected chi connectivity index (χ4v) is 3.38. The van der Waals surface area contributed by atoms with Gasteiger partial charge in [-0.2, -0.15) is 0 Å². The normalized spacial score (nSPS) is 21.3. The zero-order valence-corrected chi connectivity index (χ0v) is 13.5. The first kappa shape index (κ1) is 15.1. The lowest BCUT2D eigenvalue weighted by Gasteiger charge is -2.23. The van der Waals surface area contributed by atoms with Crippen LogP contribution in [0, 0.1) is 5.82 Å². The highest BCUT2D eigenvalue weighted by molar-refractivity contribution is 7.98. The first-order valence-corrected chi connectivity index (χ1v) is 8.50. The van der Waals surface area contributed by atoms with Crippen LogP contribution in [-0.2, 0) is 0 Å². The fourth-order valence-electron chi connectivity index (χ4n) is 3.00. The number of thioether (sulfide) groups is 1. The Kier molecular flexibility index (Phi) is 4.20. The Morgan fingerprint density at radius 3 is 2.68 bits per heavy atom. The zero-order valence-electron chi connectivity index (χ0n) is 12.7. The van der Waals surface area contributed by atoms with Gasteiger partial charge in [0.1, 0.15) is 17.5 Å². The highest BCUT2D eigenvalue weighted by Gasteiger charge is 2.31. The smallest absolute Gasteiger partial charge is 0.191 e. The molecule has 1 aromatic carbocycles. The van der Waals surface area contributed by atoms with Gasteiger partial charge in [0.15, 0.2) is 5.16 Å². The van der Waals surface area contributed by atoms with E-state index in [2.05, 4.69) is 21.8 Å². The molecule has 2 aromatic rings. The van der Waals surface area contributed by atoms with Gasteiger partial charge in [-0.1, -0.05) is 23.9 Å². The molecule has 6 heteroatoms. The van der Waals surface area contributed by atoms with Crippen LogP contribution in [0.4, 0.5) is 16.0 Å². The second-order valence-electron chi connectivity index (χ2n) is 5.62. The highest BCUT2D eigenvalue weighted by Crippen LogP contribution is 2.35. The molecule has 0 spiro atoms. The quantitative estimate of drug-likeness (QED) is 0.695. The van der Waals surface area contributed by atoms with Crippen molar-refractivity contribution in [3.05, 3.63) is 41.7 Å². The van der Waals surface area contributed by atoms with Crippen molar-refractivity contribution in [2.75, 3.05) is 23.4 Å². The van der Waals surface area contributed by atoms with E-state index in [9.17, 15) is 4.39 Å². The Bertz CT molecular complexity index is 662. The molecule has 4 nitrogen and oxygen atoms in total. The molecule has 3 rings (SSSR count). The molecule has 2 heterocycles. The lowest BCUT2D eigenvalue weighted by Crippen LogP contribution is -2.28. The van der Waals surface area contributed by atoms with Gasteiger partial charge in [0.2, 0.25) is 0 Å². The standard InChI is InChI=1S/C16H19FN4S/c1-10-7-12(11-3-5-13(17)6-4-11)9-21(10)15-8-14(18)19-16(20-15)22-2/h3-6,8,10,12H,7,9H2,1-2H3,(H2,18,19,20). The molecular formula is C16H19FN4S. The number of halogens is 1. The van der Waals surface area contributed by atoms with Crippen molar-refractivity contribution in [3.8, 4) is 0 Å². The number of hydrogen-bond acceptors (Lipinski definition) is 5. The van der Waals surface area contributed by atoms with E-state index in [-0.39, 0.29) is 5.82 Å². The molecule has 116 valence electrons. The first-order chi connectivity index (χ1) is 10.6. The Morgan fingerprint density at radius 1 is 1.27 bits per heavy atom. The average Bonchev–Trinajstić information content (AvgIpc) is 2.89. The second kappa shape index (κ2) is 6.12. The third-order valence-electron chi connectivity index (χ3n) is 4.10. The van der Waals surface area contributed by atoms with Crippen LogP contribution in [0.3, 0.4) is 0 Å². The van der Waals surface area contributed by atoms with E-state index in [1.54, 1.807) is 0 Å². The molecule has 0 amide bonds. The van der Waals surface area contributed by atoms with E-state index in [1.807, 2.05) is 24.5 Å². The molecular weight excluding hydrogens is 299 g/mol. The number of nitrogens with two attached hydrogens (primary N) is 1. The highest BCUT2D eigenvalue weighted by atomic mass is 32.2. The summed E-state index contributed by atoms with van der Waals surface area (Å²) in [5.74, 6) is 1.55. The van der Waals surface area contributed by atoms with Crippen LogP contribution < -0.4 is 10.6 Å². The van der Waals surface area contributed by atoms with E-state index in [0.29, 0.717) is 22.9 Å². The van der Waals surface area contributed by atoms with E-state index in [0.717, 1.165) is 18.8 Å². The number of anilines is 2. The molecule has 1 aliphatic rings. The Balaban J connectivity index is 1.84. The number of nitrogens with zero attached hydrogens (tertiary/aromatic N) is 3. The molecule has 1 aliphatic heterocycles. The summed E-state index contributed by atoms with van der Waals surface area (Å²) in [5.41, 5.74) is 7.05. The van der Waals surface area contributed by atoms with Gasteiger partial charge in [-0.3, -0.25) is 0 Å². The summed E-state index contributed by atoms with van der Waals surface area (Å²) in [6.45, 7) is 3.04. The van der Waals surface area contributed by atoms with Crippen LogP contribution in [0.1, 0.15) is 24.8 Å². The molecule has 2 atom stereocenters. The largest absolute Gasteiger partial charge is 0.383 e. The minimum Gasteiger partial charge on any atom is -0.383 e. The molecule has 1 saturated heterocycles. The summed E-state index contributed by atoms with van der Waals surface area (Å²) in [6.07, 6.45) is 2.96. The van der Waals surface area contributed by atoms with Crippen LogP contribution in [0.2, 0.25) is 0 Å². The molecule has 2 unspecified atom stereocenters. The topological polar surface area (TPSA) is 55.0 Å². The van der Waals surface area contributed by atoms with E-state index in [1.165, 1.54) is 29.5 Å². The number of rotatable bonds is 3. The van der Waals surface area contributed by atoms with E-state index >= 15 is 0 Å². The van der Waals surface area contributed by atoms with Crippen molar-refractivity contribution in [2.45, 2.75) is 30.5 Å². The molecule has 0 saturated carbocycles. The van der Waals surface area contributed by atoms with E-state index in [4.69, 9.17) is 5.73 Å². The van der Waals surface area contributed by atoms with Gasteiger partial charge < -0.3 is 10.6 Å². The summed E-state index contributed by atoms with van der Waals surface area (Å²) in [7, 11) is 0. The maximum Gasteiger partial charge on any atom is 0.191 e. The van der Waals surface area contributed by atoms with Gasteiger partial charge >= 0.3 is 0 Å². The Hall–Kier alpha value is -1.82. The van der Waals surface area contributed by atoms with Crippen LogP contribution >= 0.6 is 11.8 Å². The molecule has 0 bridgehead atoms. The van der Waals surface area contributed by atoms with Crippen molar-refractivity contribution < 1.29 is 4.39 Å². The van der Waals surface area contributed by atoms with Crippen molar-refractivity contribution in [2.24, 2.45) is 0 Å². The third-order valence-corrected chi connectivity index (χ3v) is 4.65. The first-order valence-electron chi connectivity index (χ1n) is 7.27. The van der Waals surface area contributed by atoms with Crippen LogP contribution in [0.15, 0.2) is 35.5 Å². The van der Waals surface area contributed by atoms with Crippen LogP contribution in [0.5, 0.6) is 0 Å².